The third-order valence-corrected chi connectivity index (χ3v) is 7.15. The summed E-state index contributed by atoms with van der Waals surface area (Å²) in [5, 5.41) is 3.38. The van der Waals surface area contributed by atoms with Gasteiger partial charge in [0.25, 0.3) is 6.47 Å². The number of nitrogens with zero attached hydrogens (tertiary/aromatic N) is 3. The van der Waals surface area contributed by atoms with Crippen LogP contribution in [0.25, 0.3) is 0 Å². The number of rotatable bonds is 7. The minimum atomic E-state index is -3.43. The zero-order valence-electron chi connectivity index (χ0n) is 21.8. The molecule has 1 aromatic rings. The molecule has 0 bridgehead atoms. The molecule has 2 heterocycles. The number of sulfone groups is 1. The summed E-state index contributed by atoms with van der Waals surface area (Å²) < 4.78 is 29.9. The van der Waals surface area contributed by atoms with E-state index in [-0.39, 0.29) is 22.2 Å². The number of hydrogen-bond donors (Lipinski definition) is 1. The Balaban J connectivity index is 0.000000540. The maximum absolute atomic E-state index is 12.9. The summed E-state index contributed by atoms with van der Waals surface area (Å²) in [5.41, 5.74) is 1.46. The number of carbonyl (C=O) groups is 2. The minimum absolute atomic E-state index is 0.0369. The van der Waals surface area contributed by atoms with Crippen molar-refractivity contribution in [3.05, 3.63) is 36.0 Å². The van der Waals surface area contributed by atoms with Crippen molar-refractivity contribution in [1.29, 1.82) is 0 Å². The number of amides is 1. The molecule has 196 valence electrons. The van der Waals surface area contributed by atoms with Crippen LogP contribution in [0.1, 0.15) is 33.3 Å². The molecule has 1 aromatic carbocycles. The summed E-state index contributed by atoms with van der Waals surface area (Å²) in [6.45, 7) is 11.6. The van der Waals surface area contributed by atoms with Gasteiger partial charge in [-0.05, 0) is 58.0 Å². The van der Waals surface area contributed by atoms with Crippen LogP contribution in [0.4, 0.5) is 5.69 Å². The van der Waals surface area contributed by atoms with Crippen molar-refractivity contribution in [2.45, 2.75) is 50.7 Å². The van der Waals surface area contributed by atoms with E-state index < -0.39 is 9.84 Å². The molecule has 2 aliphatic rings. The highest BCUT2D eigenvalue weighted by Crippen LogP contribution is 2.31. The summed E-state index contributed by atoms with van der Waals surface area (Å²) in [6, 6.07) is 5.54. The van der Waals surface area contributed by atoms with Crippen molar-refractivity contribution in [2.24, 2.45) is 0 Å². The first-order valence-corrected chi connectivity index (χ1v) is 13.5. The molecule has 0 saturated carbocycles. The Hall–Kier alpha value is -2.43. The molecule has 9 nitrogen and oxygen atoms in total. The molecule has 1 atom stereocenters. The highest BCUT2D eigenvalue weighted by Gasteiger charge is 2.28. The van der Waals surface area contributed by atoms with E-state index in [1.807, 2.05) is 40.9 Å². The summed E-state index contributed by atoms with van der Waals surface area (Å²) in [5.74, 6) is -0.0220. The van der Waals surface area contributed by atoms with Crippen LogP contribution in [-0.4, -0.2) is 94.8 Å². The number of fused-ring (bicyclic) bond motifs is 1. The Morgan fingerprint density at radius 2 is 1.97 bits per heavy atom. The fourth-order valence-electron chi connectivity index (χ4n) is 3.87. The third-order valence-electron chi connectivity index (χ3n) is 5.55. The number of anilines is 1. The van der Waals surface area contributed by atoms with Gasteiger partial charge < -0.3 is 19.9 Å². The molecule has 1 amide bonds. The Morgan fingerprint density at radius 3 is 2.54 bits per heavy atom. The summed E-state index contributed by atoms with van der Waals surface area (Å²) in [4.78, 5) is 28.5. The number of carbonyl (C=O) groups excluding carboxylic acids is 2. The molecule has 1 N–H and O–H groups in total. The van der Waals surface area contributed by atoms with Crippen LogP contribution in [0, 0.1) is 0 Å². The molecule has 0 radical (unpaired) electrons. The molecule has 0 aliphatic carbocycles. The topological polar surface area (TPSA) is 99.3 Å². The smallest absolute Gasteiger partial charge is 0.293 e. The standard InChI is InChI=1S/C20H30N4O3S.C5H10O2/c1-16-14-23(11-8-21-16)15-20(25)24-10-7-17-5-6-18(13-19(17)24)28(26,27)12-4-9-22(2)3;1-5(2,3)7-4-6/h4-6,9,13,16,21H,7-8,10-12,14-15H2,1-3H3;4H,1-3H3/t16-;/m1./s1. The minimum Gasteiger partial charge on any atom is -0.462 e. The first-order chi connectivity index (χ1) is 16.3. The van der Waals surface area contributed by atoms with Gasteiger partial charge >= 0.3 is 0 Å². The molecule has 1 saturated heterocycles. The van der Waals surface area contributed by atoms with E-state index in [1.165, 1.54) is 0 Å². The van der Waals surface area contributed by atoms with E-state index in [0.717, 1.165) is 37.3 Å². The first kappa shape index (κ1) is 28.8. The largest absolute Gasteiger partial charge is 0.462 e. The lowest BCUT2D eigenvalue weighted by Crippen LogP contribution is -2.52. The van der Waals surface area contributed by atoms with Gasteiger partial charge in [-0.15, -0.1) is 0 Å². The van der Waals surface area contributed by atoms with Gasteiger partial charge in [0.05, 0.1) is 17.2 Å². The SMILES string of the molecule is CC(C)(C)OC=O.C[C@@H]1CN(CC(=O)N2CCc3ccc(S(=O)(=O)CC=CN(C)C)cc32)CCN1. The van der Waals surface area contributed by atoms with Gasteiger partial charge in [-0.1, -0.05) is 12.1 Å². The van der Waals surface area contributed by atoms with Crippen molar-refractivity contribution in [1.82, 2.24) is 15.1 Å². The van der Waals surface area contributed by atoms with E-state index in [4.69, 9.17) is 0 Å². The molecular weight excluding hydrogens is 468 g/mol. The van der Waals surface area contributed by atoms with Gasteiger partial charge in [0, 0.05) is 52.0 Å². The first-order valence-electron chi connectivity index (χ1n) is 11.9. The van der Waals surface area contributed by atoms with E-state index >= 15 is 0 Å². The second kappa shape index (κ2) is 12.5. The van der Waals surface area contributed by atoms with Crippen molar-refractivity contribution in [3.63, 3.8) is 0 Å². The summed E-state index contributed by atoms with van der Waals surface area (Å²) in [7, 11) is 0.265. The Morgan fingerprint density at radius 1 is 1.26 bits per heavy atom. The number of ether oxygens (including phenoxy) is 1. The molecule has 1 fully saturated rings. The number of benzene rings is 1. The maximum atomic E-state index is 12.9. The van der Waals surface area contributed by atoms with Crippen LogP contribution in [0.2, 0.25) is 0 Å². The van der Waals surface area contributed by atoms with Crippen LogP contribution < -0.4 is 10.2 Å². The average Bonchev–Trinajstić information content (AvgIpc) is 3.16. The summed E-state index contributed by atoms with van der Waals surface area (Å²) in [6.07, 6.45) is 4.13. The van der Waals surface area contributed by atoms with E-state index in [9.17, 15) is 18.0 Å². The second-order valence-electron chi connectivity index (χ2n) is 10.1. The van der Waals surface area contributed by atoms with E-state index in [0.29, 0.717) is 25.6 Å². The maximum Gasteiger partial charge on any atom is 0.293 e. The molecule has 2 aliphatic heterocycles. The zero-order chi connectivity index (χ0) is 26.2. The fourth-order valence-corrected chi connectivity index (χ4v) is 4.96. The quantitative estimate of drug-likeness (QED) is 0.556. The van der Waals surface area contributed by atoms with Gasteiger partial charge in [-0.2, -0.15) is 0 Å². The van der Waals surface area contributed by atoms with Gasteiger partial charge in [-0.3, -0.25) is 14.5 Å². The van der Waals surface area contributed by atoms with Crippen LogP contribution in [-0.2, 0) is 30.6 Å². The number of nitrogens with one attached hydrogen (secondary N) is 1. The van der Waals surface area contributed by atoms with Crippen LogP contribution in [0.3, 0.4) is 0 Å². The Kier molecular flexibility index (Phi) is 10.3. The monoisotopic (exact) mass is 508 g/mol. The second-order valence-corrected chi connectivity index (χ2v) is 12.2. The van der Waals surface area contributed by atoms with Crippen LogP contribution in [0.15, 0.2) is 35.4 Å². The van der Waals surface area contributed by atoms with Crippen molar-refractivity contribution in [2.75, 3.05) is 57.5 Å². The predicted octanol–water partition coefficient (Wildman–Crippen LogP) is 1.68. The fraction of sp³-hybridized carbons (Fsp3) is 0.600. The van der Waals surface area contributed by atoms with Gasteiger partial charge in [0.15, 0.2) is 9.84 Å². The molecule has 35 heavy (non-hydrogen) atoms. The van der Waals surface area contributed by atoms with Crippen LogP contribution in [0.5, 0.6) is 0 Å². The molecular formula is C25H40N4O5S. The van der Waals surface area contributed by atoms with Gasteiger partial charge in [-0.25, -0.2) is 8.42 Å². The lowest BCUT2D eigenvalue weighted by Gasteiger charge is -2.32. The average molecular weight is 509 g/mol. The zero-order valence-corrected chi connectivity index (χ0v) is 22.6. The molecule has 0 unspecified atom stereocenters. The van der Waals surface area contributed by atoms with Gasteiger partial charge in [0.2, 0.25) is 5.91 Å². The highest BCUT2D eigenvalue weighted by molar-refractivity contribution is 7.91. The Bertz CT molecular complexity index is 1000. The lowest BCUT2D eigenvalue weighted by atomic mass is 10.2. The predicted molar refractivity (Wildman–Crippen MR) is 138 cm³/mol. The summed E-state index contributed by atoms with van der Waals surface area (Å²) >= 11 is 0. The van der Waals surface area contributed by atoms with Crippen molar-refractivity contribution in [3.8, 4) is 0 Å². The van der Waals surface area contributed by atoms with Crippen LogP contribution >= 0.6 is 0 Å². The molecule has 3 rings (SSSR count). The van der Waals surface area contributed by atoms with E-state index in [1.54, 1.807) is 34.2 Å². The lowest BCUT2D eigenvalue weighted by molar-refractivity contribution is -0.138. The molecule has 0 aromatic heterocycles. The molecule has 0 spiro atoms. The van der Waals surface area contributed by atoms with Crippen molar-refractivity contribution < 1.29 is 22.7 Å². The number of hydrogen-bond acceptors (Lipinski definition) is 8. The normalized spacial score (nSPS) is 18.6. The number of piperazine rings is 1. The Labute approximate surface area is 210 Å². The highest BCUT2D eigenvalue weighted by atomic mass is 32.2. The molecule has 10 heteroatoms. The third kappa shape index (κ3) is 9.27. The van der Waals surface area contributed by atoms with Gasteiger partial charge in [0.1, 0.15) is 5.60 Å². The van der Waals surface area contributed by atoms with E-state index in [2.05, 4.69) is 21.9 Å². The van der Waals surface area contributed by atoms with Crippen molar-refractivity contribution >= 4 is 27.9 Å².